The quantitative estimate of drug-likeness (QED) is 0.720. The van der Waals surface area contributed by atoms with E-state index in [2.05, 4.69) is 10.3 Å². The van der Waals surface area contributed by atoms with Crippen molar-refractivity contribution in [2.45, 2.75) is 24.9 Å². The molecule has 3 N–H and O–H groups in total. The molecule has 9 heteroatoms. The number of aromatic nitrogens is 3. The van der Waals surface area contributed by atoms with Crippen LogP contribution in [-0.4, -0.2) is 40.2 Å². The first-order valence-electron chi connectivity index (χ1n) is 4.47. The minimum Gasteiger partial charge on any atom is -0.480 e. The van der Waals surface area contributed by atoms with E-state index in [-0.39, 0.29) is 16.6 Å². The van der Waals surface area contributed by atoms with Crippen LogP contribution >= 0.6 is 0 Å². The van der Waals surface area contributed by atoms with Gasteiger partial charge >= 0.3 is 5.97 Å². The van der Waals surface area contributed by atoms with Gasteiger partial charge in [-0.25, -0.2) is 17.9 Å². The maximum absolute atomic E-state index is 11.5. The Morgan fingerprint density at radius 2 is 2.19 bits per heavy atom. The van der Waals surface area contributed by atoms with Gasteiger partial charge in [-0.2, -0.15) is 0 Å². The molecular formula is C7H12N4O4S. The molecule has 1 atom stereocenters. The van der Waals surface area contributed by atoms with Crippen LogP contribution in [0.3, 0.4) is 0 Å². The highest BCUT2D eigenvalue weighted by molar-refractivity contribution is 7.91. The zero-order chi connectivity index (χ0) is 12.5. The topological polar surface area (TPSA) is 128 Å². The third kappa shape index (κ3) is 1.98. The normalized spacial score (nSPS) is 13.6. The number of carboxylic acid groups (broad SMARTS) is 1. The molecule has 0 aliphatic heterocycles. The van der Waals surface area contributed by atoms with Gasteiger partial charge in [0, 0.05) is 0 Å². The van der Waals surface area contributed by atoms with Crippen LogP contribution in [0, 0.1) is 0 Å². The van der Waals surface area contributed by atoms with Crippen LogP contribution in [0.2, 0.25) is 0 Å². The molecule has 1 aromatic heterocycles. The van der Waals surface area contributed by atoms with E-state index >= 15 is 0 Å². The summed E-state index contributed by atoms with van der Waals surface area (Å²) in [6.45, 7) is 2.77. The third-order valence-electron chi connectivity index (χ3n) is 2.10. The number of nitrogen functional groups attached to an aromatic ring is 1. The van der Waals surface area contributed by atoms with E-state index < -0.39 is 21.8 Å². The summed E-state index contributed by atoms with van der Waals surface area (Å²) >= 11 is 0. The number of rotatable bonds is 4. The van der Waals surface area contributed by atoms with Gasteiger partial charge in [-0.3, -0.25) is 0 Å². The van der Waals surface area contributed by atoms with Crippen LogP contribution < -0.4 is 5.73 Å². The number of nitrogens with two attached hydrogens (primary N) is 1. The molecule has 0 saturated heterocycles. The molecule has 90 valence electrons. The lowest BCUT2D eigenvalue weighted by Gasteiger charge is -2.07. The number of carbonyl (C=O) groups is 1. The van der Waals surface area contributed by atoms with Gasteiger partial charge in [0.15, 0.2) is 11.9 Å². The molecule has 0 fully saturated rings. The summed E-state index contributed by atoms with van der Waals surface area (Å²) < 4.78 is 23.8. The standard InChI is InChI=1S/C7H12N4O4S/c1-3-16(14,15)6-5(8)11(10-9-6)4(2)7(12)13/h4H,3,8H2,1-2H3,(H,12,13). The Morgan fingerprint density at radius 1 is 1.62 bits per heavy atom. The Kier molecular flexibility index (Phi) is 3.17. The van der Waals surface area contributed by atoms with E-state index in [9.17, 15) is 13.2 Å². The summed E-state index contributed by atoms with van der Waals surface area (Å²) in [4.78, 5) is 10.7. The van der Waals surface area contributed by atoms with Crippen molar-refractivity contribution in [3.63, 3.8) is 0 Å². The van der Waals surface area contributed by atoms with Crippen molar-refractivity contribution in [3.8, 4) is 0 Å². The first kappa shape index (κ1) is 12.4. The molecule has 1 unspecified atom stereocenters. The van der Waals surface area contributed by atoms with E-state index in [0.717, 1.165) is 4.68 Å². The molecular weight excluding hydrogens is 236 g/mol. The molecule has 16 heavy (non-hydrogen) atoms. The molecule has 0 aliphatic carbocycles. The lowest BCUT2D eigenvalue weighted by molar-refractivity contribution is -0.140. The van der Waals surface area contributed by atoms with Gasteiger partial charge in [-0.1, -0.05) is 12.1 Å². The van der Waals surface area contributed by atoms with Crippen molar-refractivity contribution in [2.24, 2.45) is 0 Å². The molecule has 1 heterocycles. The van der Waals surface area contributed by atoms with Gasteiger partial charge in [-0.05, 0) is 6.92 Å². The number of sulfone groups is 1. The number of carboxylic acids is 1. The highest BCUT2D eigenvalue weighted by Gasteiger charge is 2.26. The molecule has 0 spiro atoms. The van der Waals surface area contributed by atoms with Crippen molar-refractivity contribution < 1.29 is 18.3 Å². The minimum absolute atomic E-state index is 0.169. The smallest absolute Gasteiger partial charge is 0.328 e. The van der Waals surface area contributed by atoms with Crippen LogP contribution in [0.4, 0.5) is 5.82 Å². The SMILES string of the molecule is CCS(=O)(=O)c1nnn(C(C)C(=O)O)c1N. The van der Waals surface area contributed by atoms with Crippen LogP contribution in [0.25, 0.3) is 0 Å². The Bertz CT molecular complexity index is 506. The zero-order valence-corrected chi connectivity index (χ0v) is 9.60. The molecule has 0 aliphatic rings. The average Bonchev–Trinajstić information content (AvgIpc) is 2.59. The Balaban J connectivity index is 3.27. The summed E-state index contributed by atoms with van der Waals surface area (Å²) in [5.41, 5.74) is 5.50. The predicted octanol–water partition coefficient (Wildman–Crippen LogP) is -0.700. The number of hydrogen-bond acceptors (Lipinski definition) is 6. The molecule has 0 amide bonds. The Labute approximate surface area is 92.0 Å². The molecule has 0 aromatic carbocycles. The predicted molar refractivity (Wildman–Crippen MR) is 54.5 cm³/mol. The van der Waals surface area contributed by atoms with E-state index in [1.54, 1.807) is 0 Å². The number of nitrogens with zero attached hydrogens (tertiary/aromatic N) is 3. The van der Waals surface area contributed by atoms with E-state index in [1.807, 2.05) is 0 Å². The summed E-state index contributed by atoms with van der Waals surface area (Å²) in [6, 6.07) is -1.06. The maximum atomic E-state index is 11.5. The van der Waals surface area contributed by atoms with Crippen LogP contribution in [-0.2, 0) is 14.6 Å². The van der Waals surface area contributed by atoms with Gasteiger partial charge in [-0.15, -0.1) is 5.10 Å². The largest absolute Gasteiger partial charge is 0.480 e. The van der Waals surface area contributed by atoms with Crippen molar-refractivity contribution in [1.82, 2.24) is 15.0 Å². The Morgan fingerprint density at radius 3 is 2.62 bits per heavy atom. The molecule has 8 nitrogen and oxygen atoms in total. The maximum Gasteiger partial charge on any atom is 0.328 e. The number of aliphatic carboxylic acids is 1. The fourth-order valence-electron chi connectivity index (χ4n) is 1.04. The number of hydrogen-bond donors (Lipinski definition) is 2. The van der Waals surface area contributed by atoms with E-state index in [4.69, 9.17) is 10.8 Å². The second-order valence-electron chi connectivity index (χ2n) is 3.14. The third-order valence-corrected chi connectivity index (χ3v) is 3.74. The van der Waals surface area contributed by atoms with Crippen molar-refractivity contribution in [3.05, 3.63) is 0 Å². The van der Waals surface area contributed by atoms with Crippen molar-refractivity contribution in [2.75, 3.05) is 11.5 Å². The number of anilines is 1. The van der Waals surface area contributed by atoms with E-state index in [1.165, 1.54) is 13.8 Å². The van der Waals surface area contributed by atoms with Gasteiger partial charge in [0.05, 0.1) is 5.75 Å². The minimum atomic E-state index is -3.58. The summed E-state index contributed by atoms with van der Waals surface area (Å²) in [7, 11) is -3.58. The highest BCUT2D eigenvalue weighted by Crippen LogP contribution is 2.19. The first-order valence-corrected chi connectivity index (χ1v) is 6.12. The molecule has 0 saturated carbocycles. The van der Waals surface area contributed by atoms with Crippen LogP contribution in [0.1, 0.15) is 19.9 Å². The van der Waals surface area contributed by atoms with Gasteiger partial charge < -0.3 is 10.8 Å². The van der Waals surface area contributed by atoms with Gasteiger partial charge in [0.25, 0.3) is 0 Å². The summed E-state index contributed by atoms with van der Waals surface area (Å²) in [5, 5.41) is 15.2. The first-order chi connectivity index (χ1) is 7.31. The van der Waals surface area contributed by atoms with Crippen molar-refractivity contribution >= 4 is 21.6 Å². The summed E-state index contributed by atoms with van der Waals surface area (Å²) in [5.74, 6) is -1.59. The van der Waals surface area contributed by atoms with Crippen molar-refractivity contribution in [1.29, 1.82) is 0 Å². The summed E-state index contributed by atoms with van der Waals surface area (Å²) in [6.07, 6.45) is 0. The second kappa shape index (κ2) is 4.08. The second-order valence-corrected chi connectivity index (χ2v) is 5.34. The fraction of sp³-hybridized carbons (Fsp3) is 0.571. The van der Waals surface area contributed by atoms with Gasteiger partial charge in [0.1, 0.15) is 0 Å². The average molecular weight is 248 g/mol. The molecule has 1 rings (SSSR count). The van der Waals surface area contributed by atoms with E-state index in [0.29, 0.717) is 0 Å². The van der Waals surface area contributed by atoms with Crippen LogP contribution in [0.5, 0.6) is 0 Å². The Hall–Kier alpha value is -1.64. The molecule has 1 aromatic rings. The molecule has 0 radical (unpaired) electrons. The zero-order valence-electron chi connectivity index (χ0n) is 8.78. The highest BCUT2D eigenvalue weighted by atomic mass is 32.2. The van der Waals surface area contributed by atoms with Gasteiger partial charge in [0.2, 0.25) is 14.9 Å². The lowest BCUT2D eigenvalue weighted by atomic mass is 10.3. The lowest BCUT2D eigenvalue weighted by Crippen LogP contribution is -2.19. The fourth-order valence-corrected chi connectivity index (χ4v) is 1.88. The van der Waals surface area contributed by atoms with Crippen LogP contribution in [0.15, 0.2) is 5.03 Å². The monoisotopic (exact) mass is 248 g/mol. The molecule has 0 bridgehead atoms.